The summed E-state index contributed by atoms with van der Waals surface area (Å²) < 4.78 is 14.7. The van der Waals surface area contributed by atoms with E-state index in [0.29, 0.717) is 12.4 Å². The Hall–Kier alpha value is -1.43. The van der Waals surface area contributed by atoms with E-state index in [1.54, 1.807) is 13.8 Å². The van der Waals surface area contributed by atoms with Gasteiger partial charge in [-0.05, 0) is 20.8 Å². The first kappa shape index (κ1) is 11.6. The molecular weight excluding hydrogens is 200 g/mol. The lowest BCUT2D eigenvalue weighted by molar-refractivity contribution is 0.0470. The molecule has 1 heterocycles. The van der Waals surface area contributed by atoms with Gasteiger partial charge in [-0.3, -0.25) is 0 Å². The van der Waals surface area contributed by atoms with Crippen molar-refractivity contribution in [3.8, 4) is 0 Å². The zero-order valence-electron chi connectivity index (χ0n) is 9.02. The molecule has 0 saturated heterocycles. The molecule has 1 unspecified atom stereocenters. The standard InChI is InChI=1S/C9H14N2O4/c1-4-13-6(3)7-10-8(15-11-7)9(12)14-5-2/h6H,4-5H2,1-3H3. The van der Waals surface area contributed by atoms with E-state index in [2.05, 4.69) is 10.1 Å². The molecule has 84 valence electrons. The van der Waals surface area contributed by atoms with Crippen molar-refractivity contribution in [2.45, 2.75) is 26.9 Å². The fourth-order valence-electron chi connectivity index (χ4n) is 1.00. The van der Waals surface area contributed by atoms with Crippen LogP contribution in [0.5, 0.6) is 0 Å². The maximum atomic E-state index is 11.2. The minimum Gasteiger partial charge on any atom is -0.459 e. The van der Waals surface area contributed by atoms with Crippen LogP contribution in [0.2, 0.25) is 0 Å². The predicted molar refractivity (Wildman–Crippen MR) is 50.3 cm³/mol. The average molecular weight is 214 g/mol. The molecule has 1 atom stereocenters. The van der Waals surface area contributed by atoms with Gasteiger partial charge in [-0.15, -0.1) is 0 Å². The summed E-state index contributed by atoms with van der Waals surface area (Å²) in [7, 11) is 0. The van der Waals surface area contributed by atoms with Crippen LogP contribution in [-0.2, 0) is 9.47 Å². The van der Waals surface area contributed by atoms with E-state index in [-0.39, 0.29) is 18.6 Å². The summed E-state index contributed by atoms with van der Waals surface area (Å²) in [5.41, 5.74) is 0. The molecule has 0 fully saturated rings. The molecule has 0 spiro atoms. The van der Waals surface area contributed by atoms with Gasteiger partial charge in [0.05, 0.1) is 6.61 Å². The zero-order chi connectivity index (χ0) is 11.3. The van der Waals surface area contributed by atoms with Crippen molar-refractivity contribution in [2.24, 2.45) is 0 Å². The van der Waals surface area contributed by atoms with Crippen molar-refractivity contribution in [1.29, 1.82) is 0 Å². The lowest BCUT2D eigenvalue weighted by Gasteiger charge is -2.04. The Balaban J connectivity index is 2.67. The van der Waals surface area contributed by atoms with Crippen LogP contribution >= 0.6 is 0 Å². The first-order valence-electron chi connectivity index (χ1n) is 4.81. The highest BCUT2D eigenvalue weighted by Gasteiger charge is 2.19. The summed E-state index contributed by atoms with van der Waals surface area (Å²) in [5, 5.41) is 3.63. The highest BCUT2D eigenvalue weighted by atomic mass is 16.6. The van der Waals surface area contributed by atoms with Crippen LogP contribution in [0.1, 0.15) is 43.4 Å². The van der Waals surface area contributed by atoms with Crippen molar-refractivity contribution in [3.63, 3.8) is 0 Å². The molecule has 1 aromatic heterocycles. The Bertz CT molecular complexity index is 324. The smallest absolute Gasteiger partial charge is 0.397 e. The molecule has 0 aromatic carbocycles. The van der Waals surface area contributed by atoms with Crippen molar-refractivity contribution in [3.05, 3.63) is 11.7 Å². The van der Waals surface area contributed by atoms with Gasteiger partial charge >= 0.3 is 11.9 Å². The van der Waals surface area contributed by atoms with Crippen LogP contribution in [0.3, 0.4) is 0 Å². The van der Waals surface area contributed by atoms with E-state index in [4.69, 9.17) is 14.0 Å². The first-order valence-corrected chi connectivity index (χ1v) is 4.81. The van der Waals surface area contributed by atoms with E-state index in [9.17, 15) is 4.79 Å². The van der Waals surface area contributed by atoms with Crippen molar-refractivity contribution in [1.82, 2.24) is 10.1 Å². The number of nitrogens with zero attached hydrogens (tertiary/aromatic N) is 2. The SMILES string of the molecule is CCOC(=O)c1nc(C(C)OCC)no1. The molecule has 0 radical (unpaired) electrons. The van der Waals surface area contributed by atoms with Crippen LogP contribution in [0, 0.1) is 0 Å². The third kappa shape index (κ3) is 3.02. The van der Waals surface area contributed by atoms with Crippen molar-refractivity contribution < 1.29 is 18.8 Å². The molecular formula is C9H14N2O4. The maximum Gasteiger partial charge on any atom is 0.397 e. The molecule has 1 rings (SSSR count). The van der Waals surface area contributed by atoms with Gasteiger partial charge in [0.1, 0.15) is 6.10 Å². The largest absolute Gasteiger partial charge is 0.459 e. The number of rotatable bonds is 5. The molecule has 0 aliphatic rings. The molecule has 0 N–H and O–H groups in total. The lowest BCUT2D eigenvalue weighted by atomic mass is 10.4. The summed E-state index contributed by atoms with van der Waals surface area (Å²) in [6.07, 6.45) is -0.290. The van der Waals surface area contributed by atoms with Gasteiger partial charge in [-0.1, -0.05) is 5.16 Å². The number of carbonyl (C=O) groups is 1. The van der Waals surface area contributed by atoms with E-state index in [1.165, 1.54) is 0 Å². The molecule has 0 aliphatic carbocycles. The summed E-state index contributed by atoms with van der Waals surface area (Å²) in [6.45, 7) is 6.17. The first-order chi connectivity index (χ1) is 7.19. The Labute approximate surface area is 87.6 Å². The van der Waals surface area contributed by atoms with E-state index in [1.807, 2.05) is 6.92 Å². The van der Waals surface area contributed by atoms with Crippen molar-refractivity contribution in [2.75, 3.05) is 13.2 Å². The number of hydrogen-bond acceptors (Lipinski definition) is 6. The Morgan fingerprint density at radius 2 is 2.20 bits per heavy atom. The van der Waals surface area contributed by atoms with E-state index < -0.39 is 5.97 Å². The van der Waals surface area contributed by atoms with Gasteiger partial charge in [0.25, 0.3) is 0 Å². The van der Waals surface area contributed by atoms with Crippen LogP contribution in [-0.4, -0.2) is 29.3 Å². The zero-order valence-corrected chi connectivity index (χ0v) is 9.02. The number of carbonyl (C=O) groups excluding carboxylic acids is 1. The molecule has 1 aromatic rings. The molecule has 15 heavy (non-hydrogen) atoms. The maximum absolute atomic E-state index is 11.2. The second-order valence-corrected chi connectivity index (χ2v) is 2.78. The van der Waals surface area contributed by atoms with Crippen LogP contribution < -0.4 is 0 Å². The minimum absolute atomic E-state index is 0.140. The average Bonchev–Trinajstić information content (AvgIpc) is 2.67. The van der Waals surface area contributed by atoms with Crippen LogP contribution in [0.4, 0.5) is 0 Å². The Morgan fingerprint density at radius 3 is 2.80 bits per heavy atom. The highest BCUT2D eigenvalue weighted by Crippen LogP contribution is 2.12. The fourth-order valence-corrected chi connectivity index (χ4v) is 1.00. The number of esters is 1. The molecule has 0 aliphatic heterocycles. The molecule has 6 heteroatoms. The lowest BCUT2D eigenvalue weighted by Crippen LogP contribution is -2.06. The molecule has 6 nitrogen and oxygen atoms in total. The normalized spacial score (nSPS) is 12.5. The highest BCUT2D eigenvalue weighted by molar-refractivity contribution is 5.83. The summed E-state index contributed by atoms with van der Waals surface area (Å²) >= 11 is 0. The monoisotopic (exact) mass is 214 g/mol. The topological polar surface area (TPSA) is 74.5 Å². The van der Waals surface area contributed by atoms with Gasteiger partial charge in [0.15, 0.2) is 0 Å². The molecule has 0 bridgehead atoms. The fraction of sp³-hybridized carbons (Fsp3) is 0.667. The van der Waals surface area contributed by atoms with Crippen LogP contribution in [0.25, 0.3) is 0 Å². The van der Waals surface area contributed by atoms with Gasteiger partial charge in [-0.25, -0.2) is 4.79 Å². The second-order valence-electron chi connectivity index (χ2n) is 2.78. The summed E-state index contributed by atoms with van der Waals surface area (Å²) in [5.74, 6) is -0.404. The van der Waals surface area contributed by atoms with Gasteiger partial charge in [0, 0.05) is 6.61 Å². The molecule has 0 saturated carbocycles. The number of ether oxygens (including phenoxy) is 2. The Kier molecular flexibility index (Phi) is 4.23. The van der Waals surface area contributed by atoms with Gasteiger partial charge in [0.2, 0.25) is 5.82 Å². The van der Waals surface area contributed by atoms with Crippen LogP contribution in [0.15, 0.2) is 4.52 Å². The minimum atomic E-state index is -0.611. The van der Waals surface area contributed by atoms with Gasteiger partial charge < -0.3 is 14.0 Å². The third-order valence-corrected chi connectivity index (χ3v) is 1.67. The van der Waals surface area contributed by atoms with E-state index >= 15 is 0 Å². The molecule has 0 amide bonds. The second kappa shape index (κ2) is 5.45. The third-order valence-electron chi connectivity index (χ3n) is 1.67. The predicted octanol–water partition coefficient (Wildman–Crippen LogP) is 1.34. The quantitative estimate of drug-likeness (QED) is 0.688. The van der Waals surface area contributed by atoms with Crippen molar-refractivity contribution >= 4 is 5.97 Å². The van der Waals surface area contributed by atoms with Gasteiger partial charge in [-0.2, -0.15) is 4.98 Å². The Morgan fingerprint density at radius 1 is 1.47 bits per heavy atom. The summed E-state index contributed by atoms with van der Waals surface area (Å²) in [4.78, 5) is 15.0. The number of aromatic nitrogens is 2. The summed E-state index contributed by atoms with van der Waals surface area (Å²) in [6, 6.07) is 0. The number of hydrogen-bond donors (Lipinski definition) is 0. The van der Waals surface area contributed by atoms with E-state index in [0.717, 1.165) is 0 Å².